The van der Waals surface area contributed by atoms with Gasteiger partial charge in [-0.1, -0.05) is 53.0 Å². The number of hydrogen-bond donors (Lipinski definition) is 1. The van der Waals surface area contributed by atoms with Crippen LogP contribution in [0.2, 0.25) is 15.1 Å². The van der Waals surface area contributed by atoms with Crippen LogP contribution in [0.3, 0.4) is 0 Å². The monoisotopic (exact) mass is 515 g/mol. The van der Waals surface area contributed by atoms with Crippen molar-refractivity contribution in [2.75, 3.05) is 13.7 Å². The lowest BCUT2D eigenvalue weighted by atomic mass is 10.0. The third kappa shape index (κ3) is 6.35. The van der Waals surface area contributed by atoms with E-state index in [1.165, 1.54) is 0 Å². The van der Waals surface area contributed by atoms with Gasteiger partial charge in [0, 0.05) is 35.1 Å². The third-order valence-electron chi connectivity index (χ3n) is 4.90. The number of imidazole rings is 1. The van der Waals surface area contributed by atoms with Gasteiger partial charge in [-0.05, 0) is 29.8 Å². The highest BCUT2D eigenvalue weighted by atomic mass is 35.5. The van der Waals surface area contributed by atoms with Crippen LogP contribution in [0, 0.1) is 10.1 Å². The Labute approximate surface area is 204 Å². The van der Waals surface area contributed by atoms with Crippen molar-refractivity contribution in [1.82, 2.24) is 9.55 Å². The van der Waals surface area contributed by atoms with Crippen molar-refractivity contribution in [2.24, 2.45) is 0 Å². The number of hydrogen-bond acceptors (Lipinski definition) is 6. The van der Waals surface area contributed by atoms with Gasteiger partial charge in [0.1, 0.15) is 12.2 Å². The predicted octanol–water partition coefficient (Wildman–Crippen LogP) is 5.15. The van der Waals surface area contributed by atoms with Gasteiger partial charge in [0.05, 0.1) is 24.5 Å². The Balaban J connectivity index is 0.000000709. The molecule has 176 valence electrons. The van der Waals surface area contributed by atoms with E-state index < -0.39 is 10.9 Å². The van der Waals surface area contributed by atoms with Crippen LogP contribution in [0.5, 0.6) is 0 Å². The third-order valence-corrected chi connectivity index (χ3v) is 5.70. The van der Waals surface area contributed by atoms with E-state index in [0.717, 1.165) is 5.56 Å². The maximum absolute atomic E-state index is 8.36. The van der Waals surface area contributed by atoms with Crippen molar-refractivity contribution in [3.8, 4) is 0 Å². The highest BCUT2D eigenvalue weighted by Gasteiger charge is 2.47. The maximum Gasteiger partial charge on any atom is 0.291 e. The first kappa shape index (κ1) is 25.2. The molecule has 3 unspecified atom stereocenters. The molecule has 1 aliphatic heterocycles. The minimum absolute atomic E-state index is 0.328. The number of halogens is 3. The molecule has 33 heavy (non-hydrogen) atoms. The Morgan fingerprint density at radius 3 is 2.52 bits per heavy atom. The molecule has 3 aromatic rings. The van der Waals surface area contributed by atoms with Crippen molar-refractivity contribution < 1.29 is 24.5 Å². The van der Waals surface area contributed by atoms with E-state index in [2.05, 4.69) is 4.98 Å². The maximum atomic E-state index is 8.36. The van der Waals surface area contributed by atoms with Crippen LogP contribution < -0.4 is 0 Å². The van der Waals surface area contributed by atoms with Gasteiger partial charge in [-0.3, -0.25) is 0 Å². The Kier molecular flexibility index (Phi) is 8.52. The zero-order valence-corrected chi connectivity index (χ0v) is 19.6. The topological polar surface area (TPSA) is 109 Å². The van der Waals surface area contributed by atoms with Crippen LogP contribution >= 0.6 is 34.8 Å². The molecule has 0 radical (unpaired) electrons. The van der Waals surface area contributed by atoms with Crippen LogP contribution in [-0.4, -0.2) is 39.7 Å². The van der Waals surface area contributed by atoms with Gasteiger partial charge in [-0.15, -0.1) is 10.1 Å². The normalized spacial score (nSPS) is 20.7. The Hall–Kier alpha value is -2.40. The molecule has 0 spiro atoms. The van der Waals surface area contributed by atoms with Gasteiger partial charge in [0.25, 0.3) is 5.09 Å². The van der Waals surface area contributed by atoms with Crippen LogP contribution in [-0.2, 0) is 26.5 Å². The number of benzene rings is 2. The summed E-state index contributed by atoms with van der Waals surface area (Å²) >= 11 is 18.6. The molecule has 1 fully saturated rings. The van der Waals surface area contributed by atoms with E-state index >= 15 is 0 Å². The lowest BCUT2D eigenvalue weighted by molar-refractivity contribution is -0.742. The second-order valence-electron chi connectivity index (χ2n) is 7.03. The minimum atomic E-state index is -1.50. The zero-order valence-electron chi connectivity index (χ0n) is 17.3. The fourth-order valence-electron chi connectivity index (χ4n) is 3.56. The Morgan fingerprint density at radius 2 is 1.94 bits per heavy atom. The molecule has 3 atom stereocenters. The van der Waals surface area contributed by atoms with Crippen molar-refractivity contribution in [3.05, 3.63) is 97.5 Å². The summed E-state index contributed by atoms with van der Waals surface area (Å²) in [5.74, 6) is -1.10. The average Bonchev–Trinajstić information content (AvgIpc) is 3.41. The Morgan fingerprint density at radius 1 is 1.27 bits per heavy atom. The smallest absolute Gasteiger partial charge is 0.291 e. The van der Waals surface area contributed by atoms with E-state index in [4.69, 9.17) is 64.3 Å². The van der Waals surface area contributed by atoms with Crippen LogP contribution in [0.15, 0.2) is 61.2 Å². The van der Waals surface area contributed by atoms with Gasteiger partial charge in [-0.25, -0.2) is 4.98 Å². The highest BCUT2D eigenvalue weighted by molar-refractivity contribution is 6.35. The molecule has 2 heterocycles. The summed E-state index contributed by atoms with van der Waals surface area (Å²) < 4.78 is 20.4. The highest BCUT2D eigenvalue weighted by Crippen LogP contribution is 2.43. The summed E-state index contributed by atoms with van der Waals surface area (Å²) in [7, 11) is 1.65. The summed E-state index contributed by atoms with van der Waals surface area (Å²) in [6, 6.07) is 12.8. The molecule has 0 saturated carbocycles. The molecule has 1 aliphatic rings. The summed E-state index contributed by atoms with van der Waals surface area (Å²) in [6.45, 7) is 0.705. The van der Waals surface area contributed by atoms with Gasteiger partial charge in [0.2, 0.25) is 5.79 Å². The van der Waals surface area contributed by atoms with Crippen molar-refractivity contribution >= 4 is 34.8 Å². The second-order valence-corrected chi connectivity index (χ2v) is 8.31. The van der Waals surface area contributed by atoms with E-state index in [1.54, 1.807) is 31.8 Å². The van der Waals surface area contributed by atoms with Gasteiger partial charge >= 0.3 is 0 Å². The Bertz CT molecular complexity index is 1060. The van der Waals surface area contributed by atoms with Crippen LogP contribution in [0.1, 0.15) is 17.2 Å². The summed E-state index contributed by atoms with van der Waals surface area (Å²) in [5, 5.41) is 15.3. The molecule has 1 aromatic heterocycles. The van der Waals surface area contributed by atoms with Crippen LogP contribution in [0.4, 0.5) is 0 Å². The standard InChI is InChI=1S/C21H19Cl3N2O3.HNO3/c1-27-20(14-2-4-15(22)5-3-14)19-11-28-21(29-19,12-26-9-8-25-13-26)17-7-6-16(23)10-18(17)24;2-1(3)4/h2-10,13,19-20H,11-12H2,1H3;(H,2,3,4). The average molecular weight is 517 g/mol. The van der Waals surface area contributed by atoms with E-state index in [1.807, 2.05) is 41.1 Å². The molecule has 0 aliphatic carbocycles. The number of nitrogens with zero attached hydrogens (tertiary/aromatic N) is 3. The van der Waals surface area contributed by atoms with Crippen molar-refractivity contribution in [2.45, 2.75) is 24.5 Å². The fourth-order valence-corrected chi connectivity index (χ4v) is 4.24. The lowest BCUT2D eigenvalue weighted by Crippen LogP contribution is -2.34. The fraction of sp³-hybridized carbons (Fsp3) is 0.286. The van der Waals surface area contributed by atoms with E-state index in [0.29, 0.717) is 33.8 Å². The van der Waals surface area contributed by atoms with Crippen molar-refractivity contribution in [1.29, 1.82) is 0 Å². The molecule has 0 amide bonds. The lowest BCUT2D eigenvalue weighted by Gasteiger charge is -2.31. The predicted molar refractivity (Wildman–Crippen MR) is 121 cm³/mol. The molecule has 12 heteroatoms. The minimum Gasteiger partial charge on any atom is -0.374 e. The zero-order chi connectivity index (χ0) is 24.0. The molecule has 4 rings (SSSR count). The summed E-state index contributed by atoms with van der Waals surface area (Å²) in [5.41, 5.74) is 1.65. The number of methoxy groups -OCH3 is 1. The second kappa shape index (κ2) is 11.1. The van der Waals surface area contributed by atoms with Gasteiger partial charge < -0.3 is 24.0 Å². The van der Waals surface area contributed by atoms with E-state index in [-0.39, 0.29) is 12.2 Å². The molecular formula is C21H20Cl3N3O6. The molecular weight excluding hydrogens is 497 g/mol. The molecule has 1 saturated heterocycles. The summed E-state index contributed by atoms with van der Waals surface area (Å²) in [6.07, 6.45) is 4.58. The van der Waals surface area contributed by atoms with Crippen LogP contribution in [0.25, 0.3) is 0 Å². The molecule has 9 nitrogen and oxygen atoms in total. The van der Waals surface area contributed by atoms with E-state index in [9.17, 15) is 0 Å². The number of aromatic nitrogens is 2. The molecule has 2 aromatic carbocycles. The SMILES string of the molecule is COC(c1ccc(Cl)cc1)C1COC(Cn2ccnc2)(c2ccc(Cl)cc2Cl)O1.O=[N+]([O-])O. The van der Waals surface area contributed by atoms with Gasteiger partial charge in [0.15, 0.2) is 0 Å². The molecule has 0 bridgehead atoms. The van der Waals surface area contributed by atoms with Gasteiger partial charge in [-0.2, -0.15) is 0 Å². The number of rotatable bonds is 6. The first-order valence-corrected chi connectivity index (χ1v) is 10.7. The number of ether oxygens (including phenoxy) is 3. The summed E-state index contributed by atoms with van der Waals surface area (Å²) in [4.78, 5) is 12.5. The quantitative estimate of drug-likeness (QED) is 0.356. The van der Waals surface area contributed by atoms with Crippen molar-refractivity contribution in [3.63, 3.8) is 0 Å². The molecule has 1 N–H and O–H groups in total. The largest absolute Gasteiger partial charge is 0.374 e. The first-order chi connectivity index (χ1) is 15.7. The first-order valence-electron chi connectivity index (χ1n) is 9.58.